The van der Waals surface area contributed by atoms with Crippen molar-refractivity contribution in [3.8, 4) is 0 Å². The minimum Gasteiger partial charge on any atom is -0.456 e. The number of hydrogen-bond acceptors (Lipinski definition) is 3. The van der Waals surface area contributed by atoms with Gasteiger partial charge in [0.25, 0.3) is 5.91 Å². The maximum absolute atomic E-state index is 11.9. The highest BCUT2D eigenvalue weighted by Crippen LogP contribution is 2.49. The molecule has 1 aromatic rings. The summed E-state index contributed by atoms with van der Waals surface area (Å²) in [7, 11) is 0. The van der Waals surface area contributed by atoms with E-state index in [9.17, 15) is 9.59 Å². The van der Waals surface area contributed by atoms with Crippen LogP contribution in [-0.2, 0) is 14.3 Å². The molecule has 0 unspecified atom stereocenters. The number of aryl methyl sites for hydroxylation is 1. The minimum atomic E-state index is -0.364. The van der Waals surface area contributed by atoms with Gasteiger partial charge in [-0.1, -0.05) is 24.1 Å². The molecule has 0 aromatic heterocycles. The van der Waals surface area contributed by atoms with Crippen LogP contribution in [-0.4, -0.2) is 18.5 Å². The summed E-state index contributed by atoms with van der Waals surface area (Å²) in [5, 5.41) is 3.14. The van der Waals surface area contributed by atoms with E-state index in [0.717, 1.165) is 17.9 Å². The molecule has 4 nitrogen and oxygen atoms in total. The first-order chi connectivity index (χ1) is 11.0. The molecule has 0 radical (unpaired) electrons. The van der Waals surface area contributed by atoms with Gasteiger partial charge in [-0.3, -0.25) is 9.59 Å². The molecule has 3 rings (SSSR count). The molecule has 2 bridgehead atoms. The van der Waals surface area contributed by atoms with Crippen molar-refractivity contribution in [2.75, 3.05) is 11.9 Å². The fourth-order valence-corrected chi connectivity index (χ4v) is 4.24. The molecule has 1 aromatic carbocycles. The molecule has 23 heavy (non-hydrogen) atoms. The van der Waals surface area contributed by atoms with E-state index in [1.807, 2.05) is 13.0 Å². The Labute approximate surface area is 141 Å². The number of anilines is 1. The molecule has 2 aliphatic carbocycles. The summed E-state index contributed by atoms with van der Waals surface area (Å²) in [6, 6.07) is 5.38. The first-order valence-electron chi connectivity index (χ1n) is 8.23. The van der Waals surface area contributed by atoms with Gasteiger partial charge in [-0.25, -0.2) is 0 Å². The zero-order valence-electron chi connectivity index (χ0n) is 13.3. The van der Waals surface area contributed by atoms with Crippen molar-refractivity contribution in [2.24, 2.45) is 17.8 Å². The number of ether oxygens (including phenoxy) is 1. The number of fused-ring (bicyclic) bond motifs is 2. The number of hydrogen-bond donors (Lipinski definition) is 1. The fourth-order valence-electron chi connectivity index (χ4n) is 3.95. The van der Waals surface area contributed by atoms with E-state index in [-0.39, 0.29) is 18.5 Å². The highest BCUT2D eigenvalue weighted by Gasteiger charge is 2.40. The number of rotatable bonds is 5. The van der Waals surface area contributed by atoms with Crippen LogP contribution in [0.4, 0.5) is 5.69 Å². The number of esters is 1. The van der Waals surface area contributed by atoms with Crippen LogP contribution in [0.2, 0.25) is 5.02 Å². The van der Waals surface area contributed by atoms with Gasteiger partial charge in [-0.05, 0) is 61.6 Å². The van der Waals surface area contributed by atoms with Gasteiger partial charge in [-0.15, -0.1) is 0 Å². The Hall–Kier alpha value is -1.55. The van der Waals surface area contributed by atoms with Gasteiger partial charge in [-0.2, -0.15) is 0 Å². The van der Waals surface area contributed by atoms with Crippen molar-refractivity contribution < 1.29 is 14.3 Å². The average molecular weight is 336 g/mol. The summed E-state index contributed by atoms with van der Waals surface area (Å²) in [4.78, 5) is 23.8. The molecule has 0 spiro atoms. The molecular weight excluding hydrogens is 314 g/mol. The topological polar surface area (TPSA) is 55.4 Å². The van der Waals surface area contributed by atoms with E-state index in [0.29, 0.717) is 29.0 Å². The number of amides is 1. The largest absolute Gasteiger partial charge is 0.456 e. The molecule has 2 saturated carbocycles. The van der Waals surface area contributed by atoms with Crippen LogP contribution in [0.3, 0.4) is 0 Å². The van der Waals surface area contributed by atoms with Gasteiger partial charge in [0.2, 0.25) is 0 Å². The smallest absolute Gasteiger partial charge is 0.306 e. The Morgan fingerprint density at radius 1 is 1.30 bits per heavy atom. The molecule has 2 fully saturated rings. The first-order valence-corrected chi connectivity index (χ1v) is 8.60. The van der Waals surface area contributed by atoms with Crippen LogP contribution in [0.15, 0.2) is 18.2 Å². The van der Waals surface area contributed by atoms with E-state index in [1.54, 1.807) is 12.1 Å². The lowest BCUT2D eigenvalue weighted by Crippen LogP contribution is -2.23. The Morgan fingerprint density at radius 3 is 2.78 bits per heavy atom. The van der Waals surface area contributed by atoms with Crippen molar-refractivity contribution in [1.82, 2.24) is 0 Å². The molecule has 3 atom stereocenters. The second-order valence-electron chi connectivity index (χ2n) is 6.83. The average Bonchev–Trinajstić information content (AvgIpc) is 3.11. The molecule has 1 amide bonds. The number of carbonyl (C=O) groups excluding carboxylic acids is 2. The van der Waals surface area contributed by atoms with Crippen LogP contribution < -0.4 is 5.32 Å². The number of benzene rings is 1. The van der Waals surface area contributed by atoms with Crippen LogP contribution in [0.5, 0.6) is 0 Å². The molecule has 124 valence electrons. The highest BCUT2D eigenvalue weighted by molar-refractivity contribution is 6.33. The van der Waals surface area contributed by atoms with Gasteiger partial charge in [0.15, 0.2) is 6.61 Å². The Kier molecular flexibility index (Phi) is 4.90. The summed E-state index contributed by atoms with van der Waals surface area (Å²) < 4.78 is 5.12. The van der Waals surface area contributed by atoms with Crippen LogP contribution in [0, 0.1) is 24.7 Å². The molecule has 5 heteroatoms. The molecule has 0 saturated heterocycles. The Bertz CT molecular complexity index is 616. The number of carbonyl (C=O) groups is 2. The molecule has 0 heterocycles. The molecular formula is C18H22ClNO3. The zero-order valence-corrected chi connectivity index (χ0v) is 14.1. The standard InChI is InChI=1S/C18H22ClNO3/c1-11-2-5-16(15(19)6-11)20-17(21)10-23-18(22)9-14-8-12-3-4-13(14)7-12/h2,5-6,12-14H,3-4,7-10H2,1H3,(H,20,21)/t12-,13+,14+/m0/s1. The van der Waals surface area contributed by atoms with Crippen molar-refractivity contribution in [1.29, 1.82) is 0 Å². The van der Waals surface area contributed by atoms with Crippen LogP contribution in [0.25, 0.3) is 0 Å². The normalized spacial score (nSPS) is 25.4. The van der Waals surface area contributed by atoms with Gasteiger partial charge in [0.1, 0.15) is 0 Å². The second kappa shape index (κ2) is 6.91. The lowest BCUT2D eigenvalue weighted by atomic mass is 9.86. The Balaban J connectivity index is 1.42. The lowest BCUT2D eigenvalue weighted by Gasteiger charge is -2.20. The van der Waals surface area contributed by atoms with Gasteiger partial charge in [0.05, 0.1) is 10.7 Å². The summed E-state index contributed by atoms with van der Waals surface area (Å²) in [5.41, 5.74) is 1.55. The SMILES string of the molecule is Cc1ccc(NC(=O)COC(=O)C[C@H]2C[C@H]3CC[C@@H]2C3)c(Cl)c1. The Morgan fingerprint density at radius 2 is 2.13 bits per heavy atom. The zero-order chi connectivity index (χ0) is 16.4. The minimum absolute atomic E-state index is 0.260. The van der Waals surface area contributed by atoms with E-state index >= 15 is 0 Å². The summed E-state index contributed by atoms with van der Waals surface area (Å²) in [6.07, 6.45) is 5.42. The van der Waals surface area contributed by atoms with E-state index < -0.39 is 0 Å². The third-order valence-corrected chi connectivity index (χ3v) is 5.39. The van der Waals surface area contributed by atoms with Crippen molar-refractivity contribution >= 4 is 29.2 Å². The second-order valence-corrected chi connectivity index (χ2v) is 7.24. The summed E-state index contributed by atoms with van der Waals surface area (Å²) >= 11 is 6.06. The fraction of sp³-hybridized carbons (Fsp3) is 0.556. The maximum atomic E-state index is 11.9. The van der Waals surface area contributed by atoms with Crippen molar-refractivity contribution in [3.63, 3.8) is 0 Å². The molecule has 1 N–H and O–H groups in total. The predicted molar refractivity (Wildman–Crippen MR) is 89.3 cm³/mol. The number of nitrogens with one attached hydrogen (secondary N) is 1. The first kappa shape index (κ1) is 16.3. The van der Waals surface area contributed by atoms with Gasteiger partial charge in [0, 0.05) is 6.42 Å². The van der Waals surface area contributed by atoms with E-state index in [4.69, 9.17) is 16.3 Å². The monoisotopic (exact) mass is 335 g/mol. The third kappa shape index (κ3) is 4.05. The molecule has 2 aliphatic rings. The highest BCUT2D eigenvalue weighted by atomic mass is 35.5. The quantitative estimate of drug-likeness (QED) is 0.829. The summed E-state index contributed by atoms with van der Waals surface area (Å²) in [6.45, 7) is 1.67. The van der Waals surface area contributed by atoms with E-state index in [1.165, 1.54) is 19.3 Å². The van der Waals surface area contributed by atoms with Gasteiger partial charge >= 0.3 is 5.97 Å². The van der Waals surface area contributed by atoms with E-state index in [2.05, 4.69) is 5.32 Å². The lowest BCUT2D eigenvalue weighted by molar-refractivity contribution is -0.148. The van der Waals surface area contributed by atoms with Crippen LogP contribution in [0.1, 0.15) is 37.7 Å². The van der Waals surface area contributed by atoms with Crippen LogP contribution >= 0.6 is 11.6 Å². The van der Waals surface area contributed by atoms with Gasteiger partial charge < -0.3 is 10.1 Å². The van der Waals surface area contributed by atoms with Crippen molar-refractivity contribution in [3.05, 3.63) is 28.8 Å². The predicted octanol–water partition coefficient (Wildman–Crippen LogP) is 3.96. The molecule has 0 aliphatic heterocycles. The summed E-state index contributed by atoms with van der Waals surface area (Å²) in [5.74, 6) is 1.32. The number of halogens is 1. The maximum Gasteiger partial charge on any atom is 0.306 e. The third-order valence-electron chi connectivity index (χ3n) is 5.08. The van der Waals surface area contributed by atoms with Crippen molar-refractivity contribution in [2.45, 2.75) is 39.0 Å².